The summed E-state index contributed by atoms with van der Waals surface area (Å²) in [5.74, 6) is -1.24. The Hall–Kier alpha value is -2.12. The molecule has 162 valence electrons. The van der Waals surface area contributed by atoms with Crippen LogP contribution in [0.15, 0.2) is 11.6 Å². The number of hydrogen-bond donors (Lipinski definition) is 1. The van der Waals surface area contributed by atoms with Crippen LogP contribution in [0.1, 0.15) is 67.7 Å². The van der Waals surface area contributed by atoms with Crippen LogP contribution in [0, 0.1) is 0 Å². The van der Waals surface area contributed by atoms with Gasteiger partial charge >= 0.3 is 18.0 Å². The van der Waals surface area contributed by atoms with Gasteiger partial charge < -0.3 is 19.5 Å². The molecule has 0 spiro atoms. The maximum absolute atomic E-state index is 12.5. The van der Waals surface area contributed by atoms with Crippen molar-refractivity contribution in [2.45, 2.75) is 85.0 Å². The minimum atomic E-state index is -1.07. The highest BCUT2D eigenvalue weighted by Crippen LogP contribution is 2.15. The fourth-order valence-corrected chi connectivity index (χ4v) is 2.07. The van der Waals surface area contributed by atoms with Crippen LogP contribution in [-0.2, 0) is 23.8 Å². The van der Waals surface area contributed by atoms with Crippen LogP contribution in [0.5, 0.6) is 0 Å². The summed E-state index contributed by atoms with van der Waals surface area (Å²) in [7, 11) is 0. The molecule has 0 bridgehead atoms. The van der Waals surface area contributed by atoms with E-state index in [1.165, 1.54) is 6.08 Å². The number of alkyl halides is 1. The van der Waals surface area contributed by atoms with Crippen molar-refractivity contribution in [2.75, 3.05) is 13.3 Å². The van der Waals surface area contributed by atoms with E-state index in [4.69, 9.17) is 14.2 Å². The van der Waals surface area contributed by atoms with E-state index in [1.807, 2.05) is 0 Å². The predicted octanol–water partition coefficient (Wildman–Crippen LogP) is 3.85. The molecule has 7 nitrogen and oxygen atoms in total. The Kier molecular flexibility index (Phi) is 10.8. The normalized spacial score (nSPS) is 13.5. The van der Waals surface area contributed by atoms with Crippen LogP contribution in [0.2, 0.25) is 0 Å². The lowest BCUT2D eigenvalue weighted by atomic mass is 10.1. The monoisotopic (exact) mass is 403 g/mol. The molecule has 0 aromatic carbocycles. The second-order valence-corrected chi connectivity index (χ2v) is 8.21. The maximum Gasteiger partial charge on any atom is 0.408 e. The van der Waals surface area contributed by atoms with Gasteiger partial charge in [-0.15, -0.1) is 0 Å². The van der Waals surface area contributed by atoms with E-state index in [0.717, 1.165) is 0 Å². The third-order valence-corrected chi connectivity index (χ3v) is 3.10. The van der Waals surface area contributed by atoms with E-state index in [-0.39, 0.29) is 31.4 Å². The molecule has 28 heavy (non-hydrogen) atoms. The van der Waals surface area contributed by atoms with Gasteiger partial charge in [0.1, 0.15) is 17.2 Å². The van der Waals surface area contributed by atoms with Crippen molar-refractivity contribution in [1.82, 2.24) is 5.32 Å². The first-order valence-corrected chi connectivity index (χ1v) is 9.43. The first-order chi connectivity index (χ1) is 12.8. The van der Waals surface area contributed by atoms with Gasteiger partial charge in [-0.2, -0.15) is 0 Å². The molecule has 0 rings (SSSR count). The Morgan fingerprint density at radius 3 is 2.07 bits per heavy atom. The van der Waals surface area contributed by atoms with Gasteiger partial charge in [-0.05, 0) is 67.7 Å². The number of ether oxygens (including phenoxy) is 3. The number of rotatable bonds is 9. The molecule has 0 radical (unpaired) electrons. The van der Waals surface area contributed by atoms with Gasteiger partial charge in [0.25, 0.3) is 0 Å². The second-order valence-electron chi connectivity index (χ2n) is 8.21. The van der Waals surface area contributed by atoms with E-state index >= 15 is 0 Å². The zero-order valence-corrected chi connectivity index (χ0v) is 18.0. The first-order valence-electron chi connectivity index (χ1n) is 9.43. The van der Waals surface area contributed by atoms with Crippen LogP contribution < -0.4 is 5.32 Å². The van der Waals surface area contributed by atoms with E-state index in [1.54, 1.807) is 48.5 Å². The lowest BCUT2D eigenvalue weighted by Gasteiger charge is -2.26. The maximum atomic E-state index is 12.5. The molecule has 0 aliphatic heterocycles. The summed E-state index contributed by atoms with van der Waals surface area (Å²) in [6, 6.07) is -1.07. The van der Waals surface area contributed by atoms with Crippen molar-refractivity contribution in [3.05, 3.63) is 11.6 Å². The highest BCUT2D eigenvalue weighted by atomic mass is 19.1. The van der Waals surface area contributed by atoms with Gasteiger partial charge in [0, 0.05) is 5.57 Å². The topological polar surface area (TPSA) is 90.9 Å². The van der Waals surface area contributed by atoms with E-state index in [0.29, 0.717) is 0 Å². The number of amides is 1. The quantitative estimate of drug-likeness (QED) is 0.357. The molecule has 0 aliphatic carbocycles. The summed E-state index contributed by atoms with van der Waals surface area (Å²) in [4.78, 5) is 36.6. The van der Waals surface area contributed by atoms with Crippen molar-refractivity contribution in [3.63, 3.8) is 0 Å². The third kappa shape index (κ3) is 12.3. The molecule has 0 aromatic rings. The average molecular weight is 403 g/mol. The smallest absolute Gasteiger partial charge is 0.408 e. The Labute approximate surface area is 167 Å². The van der Waals surface area contributed by atoms with Crippen molar-refractivity contribution < 1.29 is 33.0 Å². The Balaban J connectivity index is 5.42. The van der Waals surface area contributed by atoms with Crippen molar-refractivity contribution in [1.29, 1.82) is 0 Å². The number of carbonyl (C=O) groups excluding carboxylic acids is 3. The Morgan fingerprint density at radius 1 is 1.04 bits per heavy atom. The van der Waals surface area contributed by atoms with Crippen molar-refractivity contribution in [2.24, 2.45) is 0 Å². The second kappa shape index (κ2) is 11.7. The highest BCUT2D eigenvalue weighted by molar-refractivity contribution is 5.88. The van der Waals surface area contributed by atoms with E-state index in [2.05, 4.69) is 5.32 Å². The molecule has 0 heterocycles. The highest BCUT2D eigenvalue weighted by Gasteiger charge is 2.28. The number of esters is 2. The fourth-order valence-electron chi connectivity index (χ4n) is 2.07. The number of hydrogen-bond acceptors (Lipinski definition) is 6. The largest absolute Gasteiger partial charge is 0.463 e. The summed E-state index contributed by atoms with van der Waals surface area (Å²) in [6.45, 7) is 11.5. The van der Waals surface area contributed by atoms with E-state index < -0.39 is 42.0 Å². The number of halogens is 1. The number of nitrogens with one attached hydrogen (secondary N) is 1. The molecule has 0 saturated carbocycles. The van der Waals surface area contributed by atoms with Gasteiger partial charge in [-0.1, -0.05) is 6.08 Å². The van der Waals surface area contributed by atoms with Gasteiger partial charge in [-0.25, -0.2) is 14.4 Å². The molecule has 1 amide bonds. The van der Waals surface area contributed by atoms with Gasteiger partial charge in [-0.3, -0.25) is 4.39 Å². The minimum absolute atomic E-state index is 0.0193. The fraction of sp³-hybridized carbons (Fsp3) is 0.750. The van der Waals surface area contributed by atoms with Crippen LogP contribution in [0.25, 0.3) is 0 Å². The van der Waals surface area contributed by atoms with Gasteiger partial charge in [0.2, 0.25) is 0 Å². The molecular formula is C20H34FNO6. The molecule has 1 atom stereocenters. The SMILES string of the molecule is CCOC(=O)C(=CCC(NC(=O)OC(C)(C)C)C(=O)OC(C)(C)C)CCCF. The van der Waals surface area contributed by atoms with Crippen LogP contribution in [0.3, 0.4) is 0 Å². The molecule has 1 unspecified atom stereocenters. The molecule has 0 saturated heterocycles. The molecule has 1 N–H and O–H groups in total. The summed E-state index contributed by atoms with van der Waals surface area (Å²) in [5, 5.41) is 2.47. The first kappa shape index (κ1) is 25.9. The summed E-state index contributed by atoms with van der Waals surface area (Å²) in [5.41, 5.74) is -1.25. The van der Waals surface area contributed by atoms with Gasteiger partial charge in [0.05, 0.1) is 13.3 Å². The zero-order chi connectivity index (χ0) is 22.0. The van der Waals surface area contributed by atoms with Crippen LogP contribution in [-0.4, -0.2) is 48.6 Å². The lowest BCUT2D eigenvalue weighted by Crippen LogP contribution is -2.45. The standard InChI is InChI=1S/C20H34FNO6/c1-8-26-16(23)14(10-9-13-21)11-12-15(17(24)27-19(2,3)4)22-18(25)28-20(5,6)7/h11,15H,8-10,12-13H2,1-7H3,(H,22,25). The molecule has 0 fully saturated rings. The van der Waals surface area contributed by atoms with Crippen molar-refractivity contribution >= 4 is 18.0 Å². The number of alkyl carbamates (subject to hydrolysis) is 1. The predicted molar refractivity (Wildman–Crippen MR) is 104 cm³/mol. The Morgan fingerprint density at radius 2 is 1.61 bits per heavy atom. The lowest BCUT2D eigenvalue weighted by molar-refractivity contribution is -0.157. The number of carbonyl (C=O) groups is 3. The van der Waals surface area contributed by atoms with E-state index in [9.17, 15) is 18.8 Å². The van der Waals surface area contributed by atoms with Crippen LogP contribution in [0.4, 0.5) is 9.18 Å². The Bertz CT molecular complexity index is 560. The van der Waals surface area contributed by atoms with Crippen molar-refractivity contribution in [3.8, 4) is 0 Å². The summed E-state index contributed by atoms with van der Waals surface area (Å²) < 4.78 is 28.0. The molecule has 0 aliphatic rings. The molecule has 8 heteroatoms. The summed E-state index contributed by atoms with van der Waals surface area (Å²) in [6.07, 6.45) is 0.997. The average Bonchev–Trinajstić information content (AvgIpc) is 2.50. The molecular weight excluding hydrogens is 369 g/mol. The zero-order valence-electron chi connectivity index (χ0n) is 18.0. The van der Waals surface area contributed by atoms with Gasteiger partial charge in [0.15, 0.2) is 0 Å². The molecule has 0 aromatic heterocycles. The third-order valence-electron chi connectivity index (χ3n) is 3.10. The summed E-state index contributed by atoms with van der Waals surface area (Å²) >= 11 is 0. The van der Waals surface area contributed by atoms with Crippen LogP contribution >= 0.6 is 0 Å². The minimum Gasteiger partial charge on any atom is -0.463 e.